The molecule has 1 nitrogen and oxygen atoms in total. The maximum Gasteiger partial charge on any atom is 0.00276 e. The van der Waals surface area contributed by atoms with E-state index in [1.165, 1.54) is 5.56 Å². The summed E-state index contributed by atoms with van der Waals surface area (Å²) in [5, 5.41) is 2.84. The van der Waals surface area contributed by atoms with E-state index in [4.69, 9.17) is 0 Å². The van der Waals surface area contributed by atoms with Gasteiger partial charge in [-0.3, -0.25) is 0 Å². The van der Waals surface area contributed by atoms with Crippen LogP contribution in [0.4, 0.5) is 0 Å². The normalized spacial score (nSPS) is 8.92. The van der Waals surface area contributed by atoms with Crippen LogP contribution >= 0.6 is 0 Å². The minimum absolute atomic E-state index is 1.32. The predicted molar refractivity (Wildman–Crippen MR) is 55.1 cm³/mol. The van der Waals surface area contributed by atoms with Crippen LogP contribution < -0.4 is 5.32 Å². The van der Waals surface area contributed by atoms with Crippen LogP contribution in [0.5, 0.6) is 0 Å². The van der Waals surface area contributed by atoms with Gasteiger partial charge in [-0.05, 0) is 20.0 Å². The van der Waals surface area contributed by atoms with Crippen molar-refractivity contribution in [2.45, 2.75) is 13.8 Å². The van der Waals surface area contributed by atoms with Gasteiger partial charge < -0.3 is 5.32 Å². The molecule has 0 amide bonds. The first-order valence-corrected chi connectivity index (χ1v) is 4.11. The Morgan fingerprint density at radius 3 is 1.92 bits per heavy atom. The molecule has 1 N–H and O–H groups in total. The van der Waals surface area contributed by atoms with Crippen molar-refractivity contribution >= 4 is 0 Å². The molecular weight excluding hydrogens is 146 g/mol. The van der Waals surface area contributed by atoms with Crippen molar-refractivity contribution in [3.8, 4) is 0 Å². The molecule has 66 valence electrons. The Morgan fingerprint density at radius 1 is 1.17 bits per heavy atom. The number of benzene rings is 1. The highest BCUT2D eigenvalue weighted by Crippen LogP contribution is 1.92. The molecule has 12 heavy (non-hydrogen) atoms. The molecule has 0 radical (unpaired) electrons. The summed E-state index contributed by atoms with van der Waals surface area (Å²) in [5.41, 5.74) is 1.32. The molecular formula is C11H17N. The summed E-state index contributed by atoms with van der Waals surface area (Å²) in [6.45, 7) is 4.05. The summed E-state index contributed by atoms with van der Waals surface area (Å²) < 4.78 is 0. The lowest BCUT2D eigenvalue weighted by Crippen LogP contribution is -1.89. The van der Waals surface area contributed by atoms with Gasteiger partial charge in [0, 0.05) is 7.05 Å². The molecule has 0 saturated heterocycles. The molecule has 0 spiro atoms. The average molecular weight is 163 g/mol. The third-order valence-corrected chi connectivity index (χ3v) is 1.27. The van der Waals surface area contributed by atoms with Crippen molar-refractivity contribution in [1.82, 2.24) is 5.32 Å². The highest BCUT2D eigenvalue weighted by molar-refractivity contribution is 5.11. The van der Waals surface area contributed by atoms with Crippen LogP contribution in [0.3, 0.4) is 0 Å². The lowest BCUT2D eigenvalue weighted by Gasteiger charge is -1.82. The fourth-order valence-electron chi connectivity index (χ4n) is 0.701. The van der Waals surface area contributed by atoms with E-state index in [2.05, 4.69) is 24.4 Å². The highest BCUT2D eigenvalue weighted by atomic mass is 14.8. The molecule has 0 fully saturated rings. The Labute approximate surface area is 75.1 Å². The first kappa shape index (κ1) is 10.8. The molecule has 0 bridgehead atoms. The van der Waals surface area contributed by atoms with Crippen molar-refractivity contribution in [2.75, 3.05) is 7.05 Å². The number of aryl methyl sites for hydroxylation is 1. The van der Waals surface area contributed by atoms with E-state index in [0.717, 1.165) is 0 Å². The maximum absolute atomic E-state index is 2.84. The van der Waals surface area contributed by atoms with Crippen molar-refractivity contribution in [3.05, 3.63) is 48.2 Å². The zero-order valence-electron chi connectivity index (χ0n) is 8.04. The van der Waals surface area contributed by atoms with Crippen molar-refractivity contribution in [2.24, 2.45) is 0 Å². The summed E-state index contributed by atoms with van der Waals surface area (Å²) in [5.74, 6) is 0. The Hall–Kier alpha value is -1.24. The molecule has 0 unspecified atom stereocenters. The number of allylic oxidation sites excluding steroid dienone is 1. The van der Waals surface area contributed by atoms with Gasteiger partial charge in [-0.2, -0.15) is 0 Å². The smallest absolute Gasteiger partial charge is 0.00276 e. The largest absolute Gasteiger partial charge is 0.394 e. The van der Waals surface area contributed by atoms with E-state index in [1.807, 2.05) is 44.4 Å². The van der Waals surface area contributed by atoms with Gasteiger partial charge in [-0.1, -0.05) is 42.0 Å². The minimum atomic E-state index is 1.32. The summed E-state index contributed by atoms with van der Waals surface area (Å²) in [7, 11) is 1.88. The molecule has 0 aliphatic rings. The van der Waals surface area contributed by atoms with Gasteiger partial charge in [0.2, 0.25) is 0 Å². The second-order valence-electron chi connectivity index (χ2n) is 2.44. The van der Waals surface area contributed by atoms with Gasteiger partial charge in [0.25, 0.3) is 0 Å². The second-order valence-corrected chi connectivity index (χ2v) is 2.44. The Bertz CT molecular complexity index is 202. The van der Waals surface area contributed by atoms with E-state index in [-0.39, 0.29) is 0 Å². The zero-order valence-corrected chi connectivity index (χ0v) is 8.04. The Morgan fingerprint density at radius 2 is 1.75 bits per heavy atom. The van der Waals surface area contributed by atoms with Gasteiger partial charge >= 0.3 is 0 Å². The molecule has 0 heterocycles. The molecule has 0 aromatic heterocycles. The van der Waals surface area contributed by atoms with Crippen LogP contribution in [0.1, 0.15) is 12.5 Å². The Kier molecular flexibility index (Phi) is 7.05. The minimum Gasteiger partial charge on any atom is -0.394 e. The predicted octanol–water partition coefficient (Wildman–Crippen LogP) is 2.73. The van der Waals surface area contributed by atoms with Crippen LogP contribution in [-0.2, 0) is 0 Å². The number of hydrogen-bond acceptors (Lipinski definition) is 1. The van der Waals surface area contributed by atoms with Crippen molar-refractivity contribution in [1.29, 1.82) is 0 Å². The lowest BCUT2D eigenvalue weighted by molar-refractivity contribution is 1.10. The fraction of sp³-hybridized carbons (Fsp3) is 0.273. The average Bonchev–Trinajstić information content (AvgIpc) is 2.08. The van der Waals surface area contributed by atoms with E-state index >= 15 is 0 Å². The van der Waals surface area contributed by atoms with E-state index in [0.29, 0.717) is 0 Å². The van der Waals surface area contributed by atoms with Crippen LogP contribution in [0, 0.1) is 6.92 Å². The quantitative estimate of drug-likeness (QED) is 0.671. The van der Waals surface area contributed by atoms with Gasteiger partial charge in [-0.15, -0.1) is 0 Å². The van der Waals surface area contributed by atoms with Gasteiger partial charge in [-0.25, -0.2) is 0 Å². The van der Waals surface area contributed by atoms with E-state index in [1.54, 1.807) is 0 Å². The van der Waals surface area contributed by atoms with Gasteiger partial charge in [0.05, 0.1) is 0 Å². The standard InChI is InChI=1S/C7H8.C4H9N/c1-7-5-3-2-4-6-7;1-3-4-5-2/h2-6H,1H3;3-5H,1-2H3. The monoisotopic (exact) mass is 163 g/mol. The molecule has 1 heteroatoms. The first-order chi connectivity index (χ1) is 5.81. The lowest BCUT2D eigenvalue weighted by atomic mass is 10.2. The van der Waals surface area contributed by atoms with Crippen LogP contribution in [0.15, 0.2) is 42.6 Å². The topological polar surface area (TPSA) is 12.0 Å². The highest BCUT2D eigenvalue weighted by Gasteiger charge is 1.72. The molecule has 1 rings (SSSR count). The van der Waals surface area contributed by atoms with E-state index in [9.17, 15) is 0 Å². The third-order valence-electron chi connectivity index (χ3n) is 1.27. The first-order valence-electron chi connectivity index (χ1n) is 4.11. The van der Waals surface area contributed by atoms with E-state index < -0.39 is 0 Å². The molecule has 1 aromatic carbocycles. The summed E-state index contributed by atoms with van der Waals surface area (Å²) in [6.07, 6.45) is 3.82. The molecule has 1 aromatic rings. The van der Waals surface area contributed by atoms with Gasteiger partial charge in [0.1, 0.15) is 0 Å². The fourth-order valence-corrected chi connectivity index (χ4v) is 0.701. The Balaban J connectivity index is 0.000000217. The second kappa shape index (κ2) is 7.86. The summed E-state index contributed by atoms with van der Waals surface area (Å²) >= 11 is 0. The molecule has 0 aliphatic heterocycles. The summed E-state index contributed by atoms with van der Waals surface area (Å²) in [4.78, 5) is 0. The molecule has 0 atom stereocenters. The van der Waals surface area contributed by atoms with Crippen LogP contribution in [0.25, 0.3) is 0 Å². The molecule has 0 saturated carbocycles. The SMILES string of the molecule is CC=CNC.Cc1ccccc1. The maximum atomic E-state index is 2.84. The van der Waals surface area contributed by atoms with Crippen molar-refractivity contribution < 1.29 is 0 Å². The number of nitrogens with one attached hydrogen (secondary N) is 1. The van der Waals surface area contributed by atoms with Gasteiger partial charge in [0.15, 0.2) is 0 Å². The zero-order chi connectivity index (χ0) is 9.23. The number of rotatable bonds is 1. The van der Waals surface area contributed by atoms with Crippen molar-refractivity contribution in [3.63, 3.8) is 0 Å². The number of hydrogen-bond donors (Lipinski definition) is 1. The third kappa shape index (κ3) is 6.87. The van der Waals surface area contributed by atoms with Crippen LogP contribution in [-0.4, -0.2) is 7.05 Å². The van der Waals surface area contributed by atoms with Crippen LogP contribution in [0.2, 0.25) is 0 Å². The molecule has 0 aliphatic carbocycles. The summed E-state index contributed by atoms with van der Waals surface area (Å²) in [6, 6.07) is 10.3.